The normalized spacial score (nSPS) is 13.1. The van der Waals surface area contributed by atoms with Crippen molar-refractivity contribution >= 4 is 5.91 Å². The summed E-state index contributed by atoms with van der Waals surface area (Å²) in [5, 5.41) is 23.2. The number of hydrogen-bond acceptors (Lipinski definition) is 3. The van der Waals surface area contributed by atoms with Crippen molar-refractivity contribution in [2.45, 2.75) is 334 Å². The van der Waals surface area contributed by atoms with Gasteiger partial charge in [-0.25, -0.2) is 0 Å². The van der Waals surface area contributed by atoms with Crippen LogP contribution in [0.2, 0.25) is 0 Å². The molecule has 0 aliphatic carbocycles. The minimum absolute atomic E-state index is 0.0732. The Morgan fingerprint density at radius 3 is 0.879 bits per heavy atom. The topological polar surface area (TPSA) is 69.6 Å². The number of amides is 1. The quantitative estimate of drug-likeness (QED) is 0.0420. The second kappa shape index (κ2) is 57.7. The lowest BCUT2D eigenvalue weighted by Crippen LogP contribution is -2.45. The van der Waals surface area contributed by atoms with Gasteiger partial charge < -0.3 is 15.5 Å². The van der Waals surface area contributed by atoms with Gasteiger partial charge in [0.25, 0.3) is 0 Å². The van der Waals surface area contributed by atoms with E-state index in [9.17, 15) is 15.0 Å². The number of aliphatic hydroxyl groups is 2. The Hall–Kier alpha value is -1.65. The highest BCUT2D eigenvalue weighted by Gasteiger charge is 2.18. The largest absolute Gasteiger partial charge is 0.394 e. The lowest BCUT2D eigenvalue weighted by Gasteiger charge is -2.19. The third-order valence-electron chi connectivity index (χ3n) is 13.8. The van der Waals surface area contributed by atoms with Crippen molar-refractivity contribution in [2.75, 3.05) is 6.61 Å². The molecule has 0 saturated carbocycles. The zero-order chi connectivity index (χ0) is 47.7. The Bertz CT molecular complexity index is 1050. The van der Waals surface area contributed by atoms with Gasteiger partial charge in [-0.3, -0.25) is 4.79 Å². The lowest BCUT2D eigenvalue weighted by molar-refractivity contribution is -0.123. The van der Waals surface area contributed by atoms with E-state index >= 15 is 0 Å². The summed E-state index contributed by atoms with van der Waals surface area (Å²) in [7, 11) is 0. The molecule has 0 spiro atoms. The number of aliphatic hydroxyl groups excluding tert-OH is 2. The summed E-state index contributed by atoms with van der Waals surface area (Å²) < 4.78 is 0. The summed E-state index contributed by atoms with van der Waals surface area (Å²) in [4.78, 5) is 12.5. The van der Waals surface area contributed by atoms with Gasteiger partial charge in [0, 0.05) is 6.42 Å². The van der Waals surface area contributed by atoms with Crippen molar-refractivity contribution in [2.24, 2.45) is 0 Å². The molecule has 2 unspecified atom stereocenters. The van der Waals surface area contributed by atoms with E-state index in [2.05, 4.69) is 55.6 Å². The van der Waals surface area contributed by atoms with Gasteiger partial charge in [0.15, 0.2) is 0 Å². The molecule has 4 heteroatoms. The van der Waals surface area contributed by atoms with E-state index in [-0.39, 0.29) is 12.5 Å². The molecular weight excluding hydrogens is 807 g/mol. The van der Waals surface area contributed by atoms with Gasteiger partial charge in [-0.15, -0.1) is 0 Å². The number of nitrogens with one attached hydrogen (secondary N) is 1. The maximum absolute atomic E-state index is 12.5. The molecule has 0 radical (unpaired) electrons. The fraction of sp³-hybridized carbons (Fsp3) is 0.855. The summed E-state index contributed by atoms with van der Waals surface area (Å²) in [6.07, 6.45) is 80.1. The molecule has 388 valence electrons. The molecule has 0 aliphatic heterocycles. The van der Waals surface area contributed by atoms with E-state index < -0.39 is 12.1 Å². The molecule has 0 bridgehead atoms. The molecule has 0 aliphatic rings. The van der Waals surface area contributed by atoms with Crippen LogP contribution in [0.3, 0.4) is 0 Å². The summed E-state index contributed by atoms with van der Waals surface area (Å²) in [5.74, 6) is -0.0732. The van der Waals surface area contributed by atoms with E-state index in [0.717, 1.165) is 38.5 Å². The predicted octanol–water partition coefficient (Wildman–Crippen LogP) is 19.8. The van der Waals surface area contributed by atoms with Gasteiger partial charge in [0.1, 0.15) is 0 Å². The fourth-order valence-corrected chi connectivity index (χ4v) is 9.21. The zero-order valence-corrected chi connectivity index (χ0v) is 44.7. The third kappa shape index (κ3) is 53.3. The number of hydrogen-bond donors (Lipinski definition) is 3. The van der Waals surface area contributed by atoms with Gasteiger partial charge in [-0.2, -0.15) is 0 Å². The van der Waals surface area contributed by atoms with Crippen molar-refractivity contribution in [3.8, 4) is 0 Å². The second-order valence-electron chi connectivity index (χ2n) is 20.4. The van der Waals surface area contributed by atoms with Gasteiger partial charge >= 0.3 is 0 Å². The summed E-state index contributed by atoms with van der Waals surface area (Å²) in [6, 6.07) is -0.646. The highest BCUT2D eigenvalue weighted by molar-refractivity contribution is 5.76. The van der Waals surface area contributed by atoms with Crippen LogP contribution >= 0.6 is 0 Å². The first-order chi connectivity index (χ1) is 32.7. The standard InChI is InChI=1S/C62H117NO3/c1-3-5-7-9-11-13-15-17-19-21-23-25-27-29-30-31-32-34-36-38-40-42-44-46-48-50-52-54-56-58-62(66)63-60(59-64)61(65)57-55-53-51-49-47-45-43-41-39-37-35-33-28-26-24-22-20-18-16-14-12-10-8-6-4-2/h21,23,39,41,47,49,55,57,60-61,64-65H,3-20,22,24-38,40,42-46,48,50-54,56,58-59H2,1-2H3,(H,63,66)/b23-21-,41-39+,49-47+,57-55+. The van der Waals surface area contributed by atoms with Crippen LogP contribution in [0.1, 0.15) is 322 Å². The Morgan fingerprint density at radius 2 is 0.591 bits per heavy atom. The molecule has 0 aromatic heterocycles. The second-order valence-corrected chi connectivity index (χ2v) is 20.4. The zero-order valence-electron chi connectivity index (χ0n) is 44.7. The third-order valence-corrected chi connectivity index (χ3v) is 13.8. The van der Waals surface area contributed by atoms with E-state index in [4.69, 9.17) is 0 Å². The summed E-state index contributed by atoms with van der Waals surface area (Å²) in [6.45, 7) is 4.33. The Labute approximate surface area is 414 Å². The molecule has 0 aromatic carbocycles. The lowest BCUT2D eigenvalue weighted by atomic mass is 10.0. The average molecular weight is 925 g/mol. The number of carbonyl (C=O) groups excluding carboxylic acids is 1. The number of carbonyl (C=O) groups is 1. The SMILES string of the molecule is CCCCCCCCCC/C=C\CCCCCCCCCCCCCCCCCCCC(=O)NC(CO)C(O)/C=C/CC/C=C/CC/C=C/CCCCCCCCCCCCCCCCC. The highest BCUT2D eigenvalue weighted by Crippen LogP contribution is 2.17. The Morgan fingerprint density at radius 1 is 0.348 bits per heavy atom. The van der Waals surface area contributed by atoms with E-state index in [1.54, 1.807) is 6.08 Å². The first-order valence-electron chi connectivity index (χ1n) is 29.9. The van der Waals surface area contributed by atoms with Crippen LogP contribution in [-0.4, -0.2) is 34.9 Å². The van der Waals surface area contributed by atoms with Crippen molar-refractivity contribution in [3.63, 3.8) is 0 Å². The molecule has 0 heterocycles. The first kappa shape index (κ1) is 64.3. The van der Waals surface area contributed by atoms with Crippen LogP contribution in [0, 0.1) is 0 Å². The predicted molar refractivity (Wildman–Crippen MR) is 295 cm³/mol. The van der Waals surface area contributed by atoms with Crippen molar-refractivity contribution in [1.82, 2.24) is 5.32 Å². The van der Waals surface area contributed by atoms with Crippen LogP contribution in [0.15, 0.2) is 48.6 Å². The van der Waals surface area contributed by atoms with Gasteiger partial charge in [-0.1, -0.05) is 294 Å². The first-order valence-corrected chi connectivity index (χ1v) is 29.9. The Balaban J connectivity index is 3.52. The van der Waals surface area contributed by atoms with Crippen LogP contribution in [0.5, 0.6) is 0 Å². The molecule has 66 heavy (non-hydrogen) atoms. The van der Waals surface area contributed by atoms with Crippen molar-refractivity contribution in [1.29, 1.82) is 0 Å². The highest BCUT2D eigenvalue weighted by atomic mass is 16.3. The number of rotatable bonds is 55. The molecule has 0 aromatic rings. The van der Waals surface area contributed by atoms with E-state index in [1.165, 1.54) is 263 Å². The van der Waals surface area contributed by atoms with Crippen LogP contribution in [0.4, 0.5) is 0 Å². The van der Waals surface area contributed by atoms with Crippen LogP contribution < -0.4 is 5.32 Å². The molecule has 0 fully saturated rings. The fourth-order valence-electron chi connectivity index (χ4n) is 9.21. The molecule has 3 N–H and O–H groups in total. The number of unbranched alkanes of at least 4 members (excludes halogenated alkanes) is 42. The summed E-state index contributed by atoms with van der Waals surface area (Å²) >= 11 is 0. The minimum Gasteiger partial charge on any atom is -0.394 e. The molecule has 2 atom stereocenters. The van der Waals surface area contributed by atoms with E-state index in [1.807, 2.05) is 6.08 Å². The molecular formula is C62H117NO3. The van der Waals surface area contributed by atoms with Gasteiger partial charge in [0.2, 0.25) is 5.91 Å². The maximum Gasteiger partial charge on any atom is 0.220 e. The van der Waals surface area contributed by atoms with Crippen molar-refractivity contribution < 1.29 is 15.0 Å². The van der Waals surface area contributed by atoms with Crippen LogP contribution in [0.25, 0.3) is 0 Å². The van der Waals surface area contributed by atoms with Crippen molar-refractivity contribution in [3.05, 3.63) is 48.6 Å². The molecule has 0 saturated heterocycles. The van der Waals surface area contributed by atoms with Gasteiger partial charge in [0.05, 0.1) is 18.8 Å². The smallest absolute Gasteiger partial charge is 0.220 e. The van der Waals surface area contributed by atoms with Gasteiger partial charge in [-0.05, 0) is 70.6 Å². The molecule has 0 rings (SSSR count). The average Bonchev–Trinajstić information content (AvgIpc) is 3.32. The van der Waals surface area contributed by atoms with Crippen LogP contribution in [-0.2, 0) is 4.79 Å². The van der Waals surface area contributed by atoms with E-state index in [0.29, 0.717) is 6.42 Å². The molecule has 1 amide bonds. The molecule has 4 nitrogen and oxygen atoms in total. The Kier molecular flexibility index (Phi) is 56.2. The minimum atomic E-state index is -0.871. The summed E-state index contributed by atoms with van der Waals surface area (Å²) in [5.41, 5.74) is 0. The number of allylic oxidation sites excluding steroid dienone is 7. The maximum atomic E-state index is 12.5. The monoisotopic (exact) mass is 924 g/mol.